The zero-order valence-electron chi connectivity index (χ0n) is 10.5. The minimum Gasteiger partial charge on any atom is -0.492 e. The Balaban J connectivity index is 2.41. The Labute approximate surface area is 106 Å². The number of aldehydes is 1. The monoisotopic (exact) mass is 241 g/mol. The van der Waals surface area contributed by atoms with Crippen LogP contribution in [0.5, 0.6) is 5.75 Å². The van der Waals surface area contributed by atoms with E-state index in [9.17, 15) is 4.79 Å². The molecule has 0 atom stereocenters. The van der Waals surface area contributed by atoms with Gasteiger partial charge in [-0.15, -0.1) is 0 Å². The summed E-state index contributed by atoms with van der Waals surface area (Å²) in [6.45, 7) is 4.54. The van der Waals surface area contributed by atoms with Crippen LogP contribution >= 0.6 is 0 Å². The lowest BCUT2D eigenvalue weighted by molar-refractivity contribution is 0.112. The van der Waals surface area contributed by atoms with E-state index in [4.69, 9.17) is 4.74 Å². The number of carbonyl (C=O) groups is 1. The van der Waals surface area contributed by atoms with Crippen LogP contribution in [0.25, 0.3) is 11.1 Å². The second kappa shape index (κ2) is 5.45. The smallest absolute Gasteiger partial charge is 0.150 e. The van der Waals surface area contributed by atoms with Crippen LogP contribution in [0.3, 0.4) is 0 Å². The van der Waals surface area contributed by atoms with E-state index in [0.29, 0.717) is 12.2 Å². The molecule has 1 heterocycles. The van der Waals surface area contributed by atoms with Crippen LogP contribution in [0.2, 0.25) is 0 Å². The first-order valence-corrected chi connectivity index (χ1v) is 5.88. The highest BCUT2D eigenvalue weighted by Crippen LogP contribution is 2.26. The maximum Gasteiger partial charge on any atom is 0.150 e. The number of aromatic nitrogens is 1. The van der Waals surface area contributed by atoms with Gasteiger partial charge in [-0.05, 0) is 37.1 Å². The van der Waals surface area contributed by atoms with Crippen molar-refractivity contribution in [2.24, 2.45) is 0 Å². The summed E-state index contributed by atoms with van der Waals surface area (Å²) < 4.78 is 5.43. The van der Waals surface area contributed by atoms with Crippen LogP contribution in [-0.4, -0.2) is 17.9 Å². The van der Waals surface area contributed by atoms with Crippen LogP contribution in [0.4, 0.5) is 0 Å². The molecule has 0 aliphatic rings. The fourth-order valence-corrected chi connectivity index (χ4v) is 1.90. The van der Waals surface area contributed by atoms with Crippen LogP contribution < -0.4 is 4.74 Å². The van der Waals surface area contributed by atoms with Crippen molar-refractivity contribution in [2.45, 2.75) is 13.8 Å². The standard InChI is InChI=1S/C15H15NO2/c1-3-18-14-7-13(8-16-9-14)15-5-4-12(10-17)6-11(15)2/h4-10H,3H2,1-2H3. The SMILES string of the molecule is CCOc1cncc(-c2ccc(C=O)cc2C)c1. The molecule has 0 saturated heterocycles. The number of pyridine rings is 1. The topological polar surface area (TPSA) is 39.2 Å². The third-order valence-corrected chi connectivity index (χ3v) is 2.72. The van der Waals surface area contributed by atoms with E-state index in [0.717, 1.165) is 28.7 Å². The Morgan fingerprint density at radius 1 is 1.28 bits per heavy atom. The molecule has 0 spiro atoms. The van der Waals surface area contributed by atoms with Gasteiger partial charge in [0.25, 0.3) is 0 Å². The summed E-state index contributed by atoms with van der Waals surface area (Å²) in [7, 11) is 0. The number of benzene rings is 1. The predicted octanol–water partition coefficient (Wildman–Crippen LogP) is 3.27. The first-order chi connectivity index (χ1) is 8.74. The number of ether oxygens (including phenoxy) is 1. The van der Waals surface area contributed by atoms with E-state index in [1.54, 1.807) is 12.4 Å². The van der Waals surface area contributed by atoms with E-state index in [1.165, 1.54) is 0 Å². The van der Waals surface area contributed by atoms with Crippen molar-refractivity contribution < 1.29 is 9.53 Å². The van der Waals surface area contributed by atoms with E-state index in [1.807, 2.05) is 38.1 Å². The summed E-state index contributed by atoms with van der Waals surface area (Å²) in [6, 6.07) is 7.57. The molecule has 18 heavy (non-hydrogen) atoms. The molecule has 0 unspecified atom stereocenters. The molecule has 1 aromatic heterocycles. The van der Waals surface area contributed by atoms with E-state index >= 15 is 0 Å². The van der Waals surface area contributed by atoms with Gasteiger partial charge < -0.3 is 4.74 Å². The molecule has 0 radical (unpaired) electrons. The third kappa shape index (κ3) is 2.56. The lowest BCUT2D eigenvalue weighted by atomic mass is 10.00. The van der Waals surface area contributed by atoms with Crippen LogP contribution in [0.1, 0.15) is 22.8 Å². The van der Waals surface area contributed by atoms with Gasteiger partial charge in [0.1, 0.15) is 12.0 Å². The van der Waals surface area contributed by atoms with Crippen LogP contribution in [0.15, 0.2) is 36.7 Å². The average molecular weight is 241 g/mol. The highest BCUT2D eigenvalue weighted by Gasteiger charge is 2.05. The van der Waals surface area contributed by atoms with Crippen molar-refractivity contribution in [1.82, 2.24) is 4.98 Å². The number of nitrogens with zero attached hydrogens (tertiary/aromatic N) is 1. The molecule has 2 aromatic rings. The molecule has 3 heteroatoms. The molecule has 3 nitrogen and oxygen atoms in total. The number of carbonyl (C=O) groups excluding carboxylic acids is 1. The molecule has 0 saturated carbocycles. The number of hydrogen-bond donors (Lipinski definition) is 0. The fraction of sp³-hybridized carbons (Fsp3) is 0.200. The first-order valence-electron chi connectivity index (χ1n) is 5.88. The Morgan fingerprint density at radius 3 is 2.78 bits per heavy atom. The Kier molecular flexibility index (Phi) is 3.72. The summed E-state index contributed by atoms with van der Waals surface area (Å²) in [4.78, 5) is 14.9. The van der Waals surface area contributed by atoms with Gasteiger partial charge >= 0.3 is 0 Å². The minimum atomic E-state index is 0.619. The lowest BCUT2D eigenvalue weighted by Crippen LogP contribution is -1.93. The summed E-state index contributed by atoms with van der Waals surface area (Å²) in [5.74, 6) is 0.758. The van der Waals surface area contributed by atoms with Gasteiger partial charge in [-0.25, -0.2) is 0 Å². The van der Waals surface area contributed by atoms with Gasteiger partial charge in [-0.2, -0.15) is 0 Å². The second-order valence-electron chi connectivity index (χ2n) is 4.03. The van der Waals surface area contributed by atoms with Crippen LogP contribution in [-0.2, 0) is 0 Å². The number of hydrogen-bond acceptors (Lipinski definition) is 3. The van der Waals surface area contributed by atoms with Crippen molar-refractivity contribution in [2.75, 3.05) is 6.61 Å². The Bertz CT molecular complexity index is 564. The molecule has 92 valence electrons. The largest absolute Gasteiger partial charge is 0.492 e. The van der Waals surface area contributed by atoms with Crippen molar-refractivity contribution in [3.63, 3.8) is 0 Å². The zero-order valence-corrected chi connectivity index (χ0v) is 10.5. The molecule has 0 aliphatic carbocycles. The van der Waals surface area contributed by atoms with E-state index in [2.05, 4.69) is 4.98 Å². The van der Waals surface area contributed by atoms with Gasteiger partial charge in [0.05, 0.1) is 12.8 Å². The number of rotatable bonds is 4. The fourth-order valence-electron chi connectivity index (χ4n) is 1.90. The minimum absolute atomic E-state index is 0.619. The first kappa shape index (κ1) is 12.3. The third-order valence-electron chi connectivity index (χ3n) is 2.72. The molecule has 0 bridgehead atoms. The molecule has 0 fully saturated rings. The van der Waals surface area contributed by atoms with E-state index < -0.39 is 0 Å². The van der Waals surface area contributed by atoms with Crippen LogP contribution in [0, 0.1) is 6.92 Å². The summed E-state index contributed by atoms with van der Waals surface area (Å²) in [5, 5.41) is 0. The predicted molar refractivity (Wildman–Crippen MR) is 71.0 cm³/mol. The quantitative estimate of drug-likeness (QED) is 0.771. The van der Waals surface area contributed by atoms with Gasteiger partial charge in [-0.1, -0.05) is 12.1 Å². The highest BCUT2D eigenvalue weighted by atomic mass is 16.5. The van der Waals surface area contributed by atoms with Crippen molar-refractivity contribution in [3.8, 4) is 16.9 Å². The zero-order chi connectivity index (χ0) is 13.0. The summed E-state index contributed by atoms with van der Waals surface area (Å²) in [5.41, 5.74) is 3.80. The van der Waals surface area contributed by atoms with E-state index in [-0.39, 0.29) is 0 Å². The molecular formula is C15H15NO2. The molecule has 2 rings (SSSR count). The molecule has 0 aliphatic heterocycles. The Hall–Kier alpha value is -2.16. The molecule has 0 amide bonds. The lowest BCUT2D eigenvalue weighted by Gasteiger charge is -2.08. The normalized spacial score (nSPS) is 10.1. The maximum absolute atomic E-state index is 10.7. The van der Waals surface area contributed by atoms with Crippen molar-refractivity contribution in [3.05, 3.63) is 47.8 Å². The Morgan fingerprint density at radius 2 is 2.11 bits per heavy atom. The van der Waals surface area contributed by atoms with Gasteiger partial charge in [0.15, 0.2) is 0 Å². The second-order valence-corrected chi connectivity index (χ2v) is 4.03. The highest BCUT2D eigenvalue weighted by molar-refractivity contribution is 5.78. The van der Waals surface area contributed by atoms with Gasteiger partial charge in [-0.3, -0.25) is 9.78 Å². The maximum atomic E-state index is 10.7. The van der Waals surface area contributed by atoms with Gasteiger partial charge in [0.2, 0.25) is 0 Å². The summed E-state index contributed by atoms with van der Waals surface area (Å²) in [6.07, 6.45) is 4.35. The molecule has 0 N–H and O–H groups in total. The average Bonchev–Trinajstić information content (AvgIpc) is 2.39. The summed E-state index contributed by atoms with van der Waals surface area (Å²) >= 11 is 0. The number of aryl methyl sites for hydroxylation is 1. The van der Waals surface area contributed by atoms with Gasteiger partial charge in [0, 0.05) is 17.3 Å². The molecule has 1 aromatic carbocycles. The van der Waals surface area contributed by atoms with Crippen molar-refractivity contribution in [1.29, 1.82) is 0 Å². The molecular weight excluding hydrogens is 226 g/mol. The van der Waals surface area contributed by atoms with Crippen molar-refractivity contribution >= 4 is 6.29 Å².